The van der Waals surface area contributed by atoms with E-state index in [4.69, 9.17) is 21.1 Å². The van der Waals surface area contributed by atoms with Crippen molar-refractivity contribution in [1.82, 2.24) is 9.62 Å². The number of amides is 1. The number of rotatable bonds is 13. The van der Waals surface area contributed by atoms with Crippen molar-refractivity contribution in [3.8, 4) is 22.6 Å². The van der Waals surface area contributed by atoms with Gasteiger partial charge in [-0.15, -0.1) is 0 Å². The molecule has 12 nitrogen and oxygen atoms in total. The number of benzene rings is 5. The van der Waals surface area contributed by atoms with E-state index >= 15 is 0 Å². The maximum atomic E-state index is 14.0. The molecule has 8 rings (SSSR count). The number of allylic oxidation sites excluding steroid dienone is 1. The Morgan fingerprint density at radius 2 is 1.70 bits per heavy atom. The molecule has 60 heavy (non-hydrogen) atoms. The quantitative estimate of drug-likeness (QED) is 0.0870. The predicted octanol–water partition coefficient (Wildman–Crippen LogP) is 9.12. The fourth-order valence-corrected chi connectivity index (χ4v) is 9.30. The van der Waals surface area contributed by atoms with Crippen LogP contribution in [0.4, 0.5) is 17.1 Å². The first-order chi connectivity index (χ1) is 29.0. The second-order valence-corrected chi connectivity index (χ2v) is 17.4. The van der Waals surface area contributed by atoms with E-state index in [1.165, 1.54) is 17.7 Å². The van der Waals surface area contributed by atoms with Gasteiger partial charge in [0.25, 0.3) is 21.6 Å². The van der Waals surface area contributed by atoms with Crippen LogP contribution in [0.1, 0.15) is 52.9 Å². The van der Waals surface area contributed by atoms with Gasteiger partial charge in [0, 0.05) is 80.4 Å². The van der Waals surface area contributed by atoms with Crippen LogP contribution in [0.5, 0.6) is 11.5 Å². The van der Waals surface area contributed by atoms with Gasteiger partial charge in [0.1, 0.15) is 17.2 Å². The largest absolute Gasteiger partial charge is 0.456 e. The molecule has 310 valence electrons. The van der Waals surface area contributed by atoms with Gasteiger partial charge in [-0.2, -0.15) is 0 Å². The minimum Gasteiger partial charge on any atom is -0.456 e. The van der Waals surface area contributed by atoms with Gasteiger partial charge in [-0.3, -0.25) is 19.8 Å². The molecule has 1 amide bonds. The second kappa shape index (κ2) is 17.9. The van der Waals surface area contributed by atoms with Crippen LogP contribution in [0.3, 0.4) is 0 Å². The number of piperazine rings is 1. The molecule has 2 N–H and O–H groups in total. The summed E-state index contributed by atoms with van der Waals surface area (Å²) in [4.78, 5) is 29.7. The highest BCUT2D eigenvalue weighted by atomic mass is 35.5. The maximum Gasteiger partial charge on any atom is 0.293 e. The summed E-state index contributed by atoms with van der Waals surface area (Å²) in [5.74, 6) is 0.0645. The molecule has 1 atom stereocenters. The van der Waals surface area contributed by atoms with E-state index in [1.54, 1.807) is 18.2 Å². The maximum absolute atomic E-state index is 14.0. The van der Waals surface area contributed by atoms with Gasteiger partial charge in [0.05, 0.1) is 15.4 Å². The number of hydrogen-bond acceptors (Lipinski definition) is 10. The summed E-state index contributed by atoms with van der Waals surface area (Å²) in [6, 6.07) is 30.9. The first kappa shape index (κ1) is 41.0. The Labute approximate surface area is 355 Å². The molecule has 2 saturated heterocycles. The Kier molecular flexibility index (Phi) is 12.2. The van der Waals surface area contributed by atoms with E-state index in [1.807, 2.05) is 60.7 Å². The number of hydrogen-bond donors (Lipinski definition) is 2. The molecule has 0 bridgehead atoms. The Bertz CT molecular complexity index is 2540. The number of carbonyl (C=O) groups excluding carboxylic acids is 1. The van der Waals surface area contributed by atoms with Gasteiger partial charge in [-0.25, -0.2) is 13.1 Å². The highest BCUT2D eigenvalue weighted by Gasteiger charge is 2.29. The van der Waals surface area contributed by atoms with Gasteiger partial charge < -0.3 is 19.7 Å². The highest BCUT2D eigenvalue weighted by molar-refractivity contribution is 7.90. The summed E-state index contributed by atoms with van der Waals surface area (Å²) < 4.78 is 41.4. The zero-order valence-corrected chi connectivity index (χ0v) is 34.8. The molecule has 1 aliphatic carbocycles. The fraction of sp³-hybridized carbons (Fsp3) is 0.283. The molecule has 0 spiro atoms. The zero-order chi connectivity index (χ0) is 41.8. The lowest BCUT2D eigenvalue weighted by atomic mass is 9.94. The molecule has 5 aromatic carbocycles. The van der Waals surface area contributed by atoms with Crippen molar-refractivity contribution in [2.45, 2.75) is 37.1 Å². The number of halogens is 1. The minimum absolute atomic E-state index is 0.00258. The minimum atomic E-state index is -4.54. The van der Waals surface area contributed by atoms with Crippen molar-refractivity contribution in [1.29, 1.82) is 0 Å². The number of nitrogens with one attached hydrogen (secondary N) is 2. The monoisotopic (exact) mass is 847 g/mol. The molecular formula is C46H46ClN5O7S. The molecule has 3 aliphatic rings. The summed E-state index contributed by atoms with van der Waals surface area (Å²) in [5.41, 5.74) is 6.08. The number of carbonyl (C=O) groups is 1. The van der Waals surface area contributed by atoms with E-state index in [0.717, 1.165) is 66.4 Å². The number of nitro benzene ring substituents is 1. The molecule has 0 radical (unpaired) electrons. The summed E-state index contributed by atoms with van der Waals surface area (Å²) >= 11 is 6.19. The zero-order valence-electron chi connectivity index (χ0n) is 33.2. The smallest absolute Gasteiger partial charge is 0.293 e. The molecule has 14 heteroatoms. The molecule has 2 fully saturated rings. The average molecular weight is 848 g/mol. The van der Waals surface area contributed by atoms with E-state index in [-0.39, 0.29) is 29.0 Å². The van der Waals surface area contributed by atoms with Gasteiger partial charge in [0.15, 0.2) is 0 Å². The molecule has 0 aromatic heterocycles. The Balaban J connectivity index is 1.02. The summed E-state index contributed by atoms with van der Waals surface area (Å²) in [6.45, 7) is 6.93. The third-order valence-electron chi connectivity index (χ3n) is 11.6. The SMILES string of the molecule is CC(c1ccccc1-c1ccc(Cl)cc1)N1CCN(c2ccc(C(=O)NS(=O)(=O)c3ccc(NCC4CCOCC4)c([N+](=O)[O-])c3)c(Oc3cccc4c3C=CC4)c2)CC1. The number of fused-ring (bicyclic) bond motifs is 1. The van der Waals surface area contributed by atoms with Gasteiger partial charge in [-0.05, 0) is 96.8 Å². The third-order valence-corrected chi connectivity index (χ3v) is 13.2. The van der Waals surface area contributed by atoms with Crippen LogP contribution in [0.2, 0.25) is 5.02 Å². The van der Waals surface area contributed by atoms with Gasteiger partial charge >= 0.3 is 0 Å². The fourth-order valence-electron chi connectivity index (χ4n) is 8.19. The van der Waals surface area contributed by atoms with Gasteiger partial charge in [-0.1, -0.05) is 72.3 Å². The van der Waals surface area contributed by atoms with Crippen LogP contribution in [0.25, 0.3) is 17.2 Å². The van der Waals surface area contributed by atoms with Crippen molar-refractivity contribution < 1.29 is 27.6 Å². The Morgan fingerprint density at radius 3 is 2.47 bits per heavy atom. The Morgan fingerprint density at radius 1 is 0.933 bits per heavy atom. The number of nitrogens with zero attached hydrogens (tertiary/aromatic N) is 3. The van der Waals surface area contributed by atoms with Crippen LogP contribution in [-0.2, 0) is 21.2 Å². The first-order valence-corrected chi connectivity index (χ1v) is 22.0. The number of sulfonamides is 1. The van der Waals surface area contributed by atoms with Crippen LogP contribution < -0.4 is 19.7 Å². The standard InChI is InChI=1S/C46H46ClN5O7S/c1-31(38-8-2-3-9-39(38)34-12-14-35(47)15-13-34)50-22-24-51(25-23-50)36-16-18-41(45(28-36)59-44-11-5-7-33-6-4-10-40(33)44)46(53)49-60(56,57)37-17-19-42(43(29-37)52(54)55)48-30-32-20-26-58-27-21-32/h2-5,7-19,28-29,31-32,48H,6,20-27,30H2,1H3,(H,49,53). The molecule has 2 aliphatic heterocycles. The van der Waals surface area contributed by atoms with E-state index in [9.17, 15) is 23.3 Å². The number of nitro groups is 1. The molecule has 0 saturated carbocycles. The number of ether oxygens (including phenoxy) is 2. The molecule has 2 heterocycles. The van der Waals surface area contributed by atoms with E-state index < -0.39 is 31.4 Å². The Hall–Kier alpha value is -5.73. The normalized spacial score (nSPS) is 16.3. The molecule has 5 aromatic rings. The predicted molar refractivity (Wildman–Crippen MR) is 235 cm³/mol. The van der Waals surface area contributed by atoms with Gasteiger partial charge in [0.2, 0.25) is 0 Å². The summed E-state index contributed by atoms with van der Waals surface area (Å²) in [5, 5.41) is 15.9. The van der Waals surface area contributed by atoms with Crippen LogP contribution in [0, 0.1) is 16.0 Å². The molecule has 1 unspecified atom stereocenters. The first-order valence-electron chi connectivity index (χ1n) is 20.2. The van der Waals surface area contributed by atoms with Crippen molar-refractivity contribution in [3.63, 3.8) is 0 Å². The molecular weight excluding hydrogens is 802 g/mol. The van der Waals surface area contributed by atoms with Crippen molar-refractivity contribution in [2.75, 3.05) is 56.2 Å². The van der Waals surface area contributed by atoms with Crippen LogP contribution in [-0.4, -0.2) is 70.1 Å². The topological polar surface area (TPSA) is 143 Å². The highest BCUT2D eigenvalue weighted by Crippen LogP contribution is 2.38. The van der Waals surface area contributed by atoms with Crippen molar-refractivity contribution >= 4 is 50.7 Å². The van der Waals surface area contributed by atoms with Crippen LogP contribution in [0.15, 0.2) is 114 Å². The second-order valence-electron chi connectivity index (χ2n) is 15.3. The summed E-state index contributed by atoms with van der Waals surface area (Å²) in [7, 11) is -4.54. The van der Waals surface area contributed by atoms with E-state index in [0.29, 0.717) is 43.6 Å². The van der Waals surface area contributed by atoms with E-state index in [2.05, 4.69) is 45.0 Å². The third kappa shape index (κ3) is 9.04. The lowest BCUT2D eigenvalue weighted by Crippen LogP contribution is -2.47. The lowest BCUT2D eigenvalue weighted by Gasteiger charge is -2.40. The lowest BCUT2D eigenvalue weighted by molar-refractivity contribution is -0.384. The number of anilines is 2. The summed E-state index contributed by atoms with van der Waals surface area (Å²) in [6.07, 6.45) is 6.41. The van der Waals surface area contributed by atoms with Crippen molar-refractivity contribution in [3.05, 3.63) is 147 Å². The average Bonchev–Trinajstić information content (AvgIpc) is 3.76. The van der Waals surface area contributed by atoms with Crippen molar-refractivity contribution in [2.24, 2.45) is 5.92 Å². The van der Waals surface area contributed by atoms with Crippen LogP contribution >= 0.6 is 11.6 Å².